The van der Waals surface area contributed by atoms with Gasteiger partial charge in [0, 0.05) is 22.2 Å². The van der Waals surface area contributed by atoms with Crippen LogP contribution in [0.25, 0.3) is 0 Å². The molecule has 2 aromatic heterocycles. The maximum atomic E-state index is 5.03. The molecule has 5 heterocycles. The molecule has 1 saturated heterocycles. The Morgan fingerprint density at radius 1 is 0.521 bits per heavy atom. The molecule has 8 heteroatoms. The van der Waals surface area contributed by atoms with E-state index in [0.717, 1.165) is 29.2 Å². The van der Waals surface area contributed by atoms with Gasteiger partial charge in [0.05, 0.1) is 60.4 Å². The predicted octanol–water partition coefficient (Wildman–Crippen LogP) is 7.89. The van der Waals surface area contributed by atoms with Gasteiger partial charge in [0.25, 0.3) is 0 Å². The van der Waals surface area contributed by atoms with Crippen molar-refractivity contribution in [2.45, 2.75) is 109 Å². The Hall–Kier alpha value is -2.52. The Kier molecular flexibility index (Phi) is 12.1. The van der Waals surface area contributed by atoms with E-state index < -0.39 is 0 Å². The van der Waals surface area contributed by atoms with Gasteiger partial charge in [-0.05, 0) is 61.4 Å². The molecule has 2 atom stereocenters. The zero-order valence-electron chi connectivity index (χ0n) is 28.6. The molecule has 0 radical (unpaired) electrons. The lowest BCUT2D eigenvalue weighted by atomic mass is 10.0. The molecule has 1 fully saturated rings. The highest BCUT2D eigenvalue weighted by atomic mass is 79.9. The third-order valence-electron chi connectivity index (χ3n) is 10.1. The molecule has 0 aliphatic carbocycles. The van der Waals surface area contributed by atoms with Gasteiger partial charge in [-0.25, -0.2) is 9.97 Å². The van der Waals surface area contributed by atoms with Crippen LogP contribution in [0.5, 0.6) is 0 Å². The zero-order valence-corrected chi connectivity index (χ0v) is 31.8. The number of para-hydroxylation sites is 2. The SMILES string of the molecule is C[N+]1(C)CC(N2c3ccccc3Sc3cccnc32)CCCCCCCCCCCCC(N2c3ccccc3Sc3cccnc32)C1.[Br-]. The number of benzene rings is 2. The summed E-state index contributed by atoms with van der Waals surface area (Å²) in [5.74, 6) is 2.26. The molecule has 254 valence electrons. The van der Waals surface area contributed by atoms with Crippen molar-refractivity contribution in [1.82, 2.24) is 9.97 Å². The molecule has 7 rings (SSSR count). The summed E-state index contributed by atoms with van der Waals surface area (Å²) in [4.78, 5) is 20.5. The largest absolute Gasteiger partial charge is 1.00 e. The van der Waals surface area contributed by atoms with Gasteiger partial charge in [-0.3, -0.25) is 0 Å². The van der Waals surface area contributed by atoms with E-state index in [2.05, 4.69) is 96.7 Å². The van der Waals surface area contributed by atoms with Crippen LogP contribution in [0.15, 0.2) is 105 Å². The first kappa shape index (κ1) is 35.3. The van der Waals surface area contributed by atoms with Crippen molar-refractivity contribution in [3.8, 4) is 0 Å². The first-order valence-electron chi connectivity index (χ1n) is 17.9. The highest BCUT2D eigenvalue weighted by Crippen LogP contribution is 2.50. The van der Waals surface area contributed by atoms with Crippen molar-refractivity contribution in [2.24, 2.45) is 0 Å². The van der Waals surface area contributed by atoms with Crippen LogP contribution in [-0.4, -0.2) is 53.7 Å². The topological polar surface area (TPSA) is 32.3 Å². The van der Waals surface area contributed by atoms with E-state index in [9.17, 15) is 0 Å². The van der Waals surface area contributed by atoms with E-state index in [1.165, 1.54) is 108 Å². The fourth-order valence-corrected chi connectivity index (χ4v) is 10.1. The smallest absolute Gasteiger partial charge is 0.147 e. The Morgan fingerprint density at radius 3 is 1.33 bits per heavy atom. The summed E-state index contributed by atoms with van der Waals surface area (Å²) in [5, 5.41) is 0. The third kappa shape index (κ3) is 8.09. The molecule has 48 heavy (non-hydrogen) atoms. The number of aromatic nitrogens is 2. The van der Waals surface area contributed by atoms with E-state index in [0.29, 0.717) is 12.1 Å². The van der Waals surface area contributed by atoms with Crippen LogP contribution >= 0.6 is 23.5 Å². The Bertz CT molecular complexity index is 1440. The molecule has 4 aromatic rings. The lowest BCUT2D eigenvalue weighted by molar-refractivity contribution is -0.891. The number of nitrogens with zero attached hydrogens (tertiary/aromatic N) is 5. The van der Waals surface area contributed by atoms with Gasteiger partial charge in [0.1, 0.15) is 11.6 Å². The summed E-state index contributed by atoms with van der Waals surface area (Å²) < 4.78 is 0.942. The van der Waals surface area contributed by atoms with E-state index in [4.69, 9.17) is 9.97 Å². The lowest BCUT2D eigenvalue weighted by Crippen LogP contribution is -3.00. The van der Waals surface area contributed by atoms with Gasteiger partial charge >= 0.3 is 0 Å². The van der Waals surface area contributed by atoms with Crippen LogP contribution in [0, 0.1) is 0 Å². The number of halogens is 1. The van der Waals surface area contributed by atoms with Gasteiger partial charge < -0.3 is 31.3 Å². The van der Waals surface area contributed by atoms with Gasteiger partial charge in [0.2, 0.25) is 0 Å². The normalized spacial score (nSPS) is 21.8. The molecule has 0 N–H and O–H groups in total. The van der Waals surface area contributed by atoms with Crippen molar-refractivity contribution in [3.63, 3.8) is 0 Å². The number of quaternary nitrogens is 1. The monoisotopic (exact) mass is 743 g/mol. The van der Waals surface area contributed by atoms with Crippen LogP contribution in [0.4, 0.5) is 23.0 Å². The van der Waals surface area contributed by atoms with Crippen LogP contribution < -0.4 is 26.8 Å². The standard InChI is InChI=1S/C40H50N5S2.BrH/c1-45(2)29-31(43-33-21-13-15-23-35(33)46-37-25-17-27-41-39(37)43)19-11-9-7-5-3-4-6-8-10-12-20-32(30-45)44-34-22-14-16-24-36(34)47-38-26-18-28-42-40(38)44;/h13-18,21-28,31-32H,3-12,19-20,29-30H2,1-2H3;1H/q+1;/p-1. The predicted molar refractivity (Wildman–Crippen MR) is 199 cm³/mol. The number of hydrogen-bond acceptors (Lipinski definition) is 6. The Labute approximate surface area is 307 Å². The second-order valence-electron chi connectivity index (χ2n) is 14.3. The number of fused-ring (bicyclic) bond motifs is 4. The first-order chi connectivity index (χ1) is 23.1. The molecule has 3 aliphatic heterocycles. The Balaban J connectivity index is 0.00000401. The van der Waals surface area contributed by atoms with E-state index in [1.807, 2.05) is 35.9 Å². The van der Waals surface area contributed by atoms with Crippen LogP contribution in [0.3, 0.4) is 0 Å². The number of pyridine rings is 2. The maximum Gasteiger partial charge on any atom is 0.147 e. The molecule has 0 bridgehead atoms. The minimum absolute atomic E-state index is 0. The summed E-state index contributed by atoms with van der Waals surface area (Å²) in [6.45, 7) is 2.12. The van der Waals surface area contributed by atoms with Crippen molar-refractivity contribution < 1.29 is 21.5 Å². The fourth-order valence-electron chi connectivity index (χ4n) is 7.97. The summed E-state index contributed by atoms with van der Waals surface area (Å²) in [6.07, 6.45) is 19.7. The third-order valence-corrected chi connectivity index (χ3v) is 12.3. The second kappa shape index (κ2) is 16.5. The molecule has 3 aliphatic rings. The number of anilines is 4. The average molecular weight is 745 g/mol. The molecule has 5 nitrogen and oxygen atoms in total. The number of hydrogen-bond donors (Lipinski definition) is 0. The molecule has 2 unspecified atom stereocenters. The van der Waals surface area contributed by atoms with E-state index in [-0.39, 0.29) is 17.0 Å². The van der Waals surface area contributed by atoms with Gasteiger partial charge in [-0.1, -0.05) is 112 Å². The molecule has 0 amide bonds. The van der Waals surface area contributed by atoms with Crippen molar-refractivity contribution in [1.29, 1.82) is 0 Å². The van der Waals surface area contributed by atoms with Crippen molar-refractivity contribution >= 4 is 46.5 Å². The highest BCUT2D eigenvalue weighted by molar-refractivity contribution is 8.00. The summed E-state index contributed by atoms with van der Waals surface area (Å²) in [7, 11) is 4.95. The summed E-state index contributed by atoms with van der Waals surface area (Å²) >= 11 is 3.73. The molecule has 0 spiro atoms. The molecule has 0 saturated carbocycles. The van der Waals surface area contributed by atoms with Crippen molar-refractivity contribution in [3.05, 3.63) is 85.2 Å². The Morgan fingerprint density at radius 2 is 0.896 bits per heavy atom. The highest BCUT2D eigenvalue weighted by Gasteiger charge is 2.38. The number of likely N-dealkylation sites (N-methyl/N-ethyl adjacent to an activating group) is 1. The quantitative estimate of drug-likeness (QED) is 0.194. The number of rotatable bonds is 2. The van der Waals surface area contributed by atoms with Gasteiger partial charge in [0.15, 0.2) is 0 Å². The average Bonchev–Trinajstić information content (AvgIpc) is 3.08. The van der Waals surface area contributed by atoms with Gasteiger partial charge in [-0.15, -0.1) is 0 Å². The van der Waals surface area contributed by atoms with E-state index >= 15 is 0 Å². The van der Waals surface area contributed by atoms with E-state index in [1.54, 1.807) is 0 Å². The van der Waals surface area contributed by atoms with Crippen LogP contribution in [-0.2, 0) is 0 Å². The summed E-state index contributed by atoms with van der Waals surface area (Å²) in [5.41, 5.74) is 2.63. The first-order valence-corrected chi connectivity index (χ1v) is 19.5. The second-order valence-corrected chi connectivity index (χ2v) is 16.4. The maximum absolute atomic E-state index is 5.03. The summed E-state index contributed by atoms with van der Waals surface area (Å²) in [6, 6.07) is 27.3. The molecular weight excluding hydrogens is 695 g/mol. The molecular formula is C40H50BrN5S2. The lowest BCUT2D eigenvalue weighted by Gasteiger charge is -2.45. The van der Waals surface area contributed by atoms with Crippen molar-refractivity contribution in [2.75, 3.05) is 37.0 Å². The zero-order chi connectivity index (χ0) is 32.1. The minimum Gasteiger partial charge on any atom is -1.00 e. The van der Waals surface area contributed by atoms with Crippen LogP contribution in [0.1, 0.15) is 77.0 Å². The van der Waals surface area contributed by atoms with Gasteiger partial charge in [-0.2, -0.15) is 0 Å². The fraction of sp³-hybridized carbons (Fsp3) is 0.450. The molecule has 2 aromatic carbocycles. The minimum atomic E-state index is 0. The van der Waals surface area contributed by atoms with Crippen LogP contribution in [0.2, 0.25) is 0 Å².